The third kappa shape index (κ3) is 3.72. The highest BCUT2D eigenvalue weighted by molar-refractivity contribution is 7.15. The minimum atomic E-state index is 0.0913. The maximum atomic E-state index is 12.8. The molecule has 1 aliphatic heterocycles. The number of thiazole rings is 1. The Bertz CT molecular complexity index is 1270. The van der Waals surface area contributed by atoms with Crippen LogP contribution < -0.4 is 0 Å². The molecule has 2 aromatic carbocycles. The van der Waals surface area contributed by atoms with E-state index in [9.17, 15) is 4.79 Å². The highest BCUT2D eigenvalue weighted by atomic mass is 32.1. The standard InChI is InChI=1S/C24H21N5OS/c1-27-10-12-28(13-11-27)23(30)20-8-6-18(7-9-20)21-15-29-22(16-31-24(29)26-21)19-4-2-17(14-25)3-5-19/h2-9,15-16H,10-13H2,1H3. The van der Waals surface area contributed by atoms with Gasteiger partial charge in [0.25, 0.3) is 5.91 Å². The third-order valence-corrected chi connectivity index (χ3v) is 6.58. The molecular weight excluding hydrogens is 406 g/mol. The number of amides is 1. The number of benzene rings is 2. The van der Waals surface area contributed by atoms with Gasteiger partial charge in [0.15, 0.2) is 4.96 Å². The molecule has 0 spiro atoms. The predicted octanol–water partition coefficient (Wildman–Crippen LogP) is 3.99. The zero-order valence-electron chi connectivity index (χ0n) is 17.2. The van der Waals surface area contributed by atoms with Crippen molar-refractivity contribution in [3.8, 4) is 28.6 Å². The van der Waals surface area contributed by atoms with Gasteiger partial charge in [-0.3, -0.25) is 9.20 Å². The molecule has 0 aliphatic carbocycles. The number of carbonyl (C=O) groups is 1. The van der Waals surface area contributed by atoms with Gasteiger partial charge < -0.3 is 9.80 Å². The van der Waals surface area contributed by atoms with E-state index < -0.39 is 0 Å². The Kier molecular flexibility index (Phi) is 5.02. The number of piperazine rings is 1. The normalized spacial score (nSPS) is 14.6. The van der Waals surface area contributed by atoms with Crippen molar-refractivity contribution >= 4 is 22.2 Å². The highest BCUT2D eigenvalue weighted by Gasteiger charge is 2.20. The summed E-state index contributed by atoms with van der Waals surface area (Å²) in [5, 5.41) is 11.1. The largest absolute Gasteiger partial charge is 0.336 e. The van der Waals surface area contributed by atoms with E-state index in [0.29, 0.717) is 11.1 Å². The third-order valence-electron chi connectivity index (χ3n) is 5.74. The molecule has 0 bridgehead atoms. The van der Waals surface area contributed by atoms with Crippen LogP contribution in [-0.2, 0) is 0 Å². The fraction of sp³-hybridized carbons (Fsp3) is 0.208. The quantitative estimate of drug-likeness (QED) is 0.496. The van der Waals surface area contributed by atoms with Crippen LogP contribution in [-0.4, -0.2) is 58.3 Å². The van der Waals surface area contributed by atoms with E-state index in [2.05, 4.69) is 27.8 Å². The minimum absolute atomic E-state index is 0.0913. The van der Waals surface area contributed by atoms with Crippen LogP contribution in [0.2, 0.25) is 0 Å². The molecule has 2 aromatic heterocycles. The van der Waals surface area contributed by atoms with Gasteiger partial charge in [-0.15, -0.1) is 11.3 Å². The maximum Gasteiger partial charge on any atom is 0.253 e. The molecule has 1 aliphatic rings. The first kappa shape index (κ1) is 19.5. The topological polar surface area (TPSA) is 64.6 Å². The van der Waals surface area contributed by atoms with Crippen molar-refractivity contribution in [3.63, 3.8) is 0 Å². The van der Waals surface area contributed by atoms with E-state index in [1.807, 2.05) is 59.6 Å². The molecule has 7 heteroatoms. The molecule has 4 aromatic rings. The monoisotopic (exact) mass is 427 g/mol. The molecule has 0 N–H and O–H groups in total. The Morgan fingerprint density at radius 3 is 2.35 bits per heavy atom. The van der Waals surface area contributed by atoms with Gasteiger partial charge in [-0.1, -0.05) is 24.3 Å². The van der Waals surface area contributed by atoms with Crippen molar-refractivity contribution in [2.45, 2.75) is 0 Å². The maximum absolute atomic E-state index is 12.8. The number of imidazole rings is 1. The van der Waals surface area contributed by atoms with E-state index in [1.54, 1.807) is 11.3 Å². The average molecular weight is 428 g/mol. The van der Waals surface area contributed by atoms with Gasteiger partial charge in [0.2, 0.25) is 0 Å². The SMILES string of the molecule is CN1CCN(C(=O)c2ccc(-c3cn4c(-c5ccc(C#N)cc5)csc4n3)cc2)CC1. The molecule has 1 fully saturated rings. The highest BCUT2D eigenvalue weighted by Crippen LogP contribution is 2.29. The lowest BCUT2D eigenvalue weighted by Gasteiger charge is -2.32. The van der Waals surface area contributed by atoms with E-state index in [-0.39, 0.29) is 5.91 Å². The minimum Gasteiger partial charge on any atom is -0.336 e. The van der Waals surface area contributed by atoms with Crippen molar-refractivity contribution in [3.05, 3.63) is 71.2 Å². The molecule has 1 saturated heterocycles. The van der Waals surface area contributed by atoms with E-state index in [0.717, 1.165) is 53.7 Å². The second-order valence-corrected chi connectivity index (χ2v) is 8.60. The molecule has 6 nitrogen and oxygen atoms in total. The number of nitriles is 1. The number of hydrogen-bond acceptors (Lipinski definition) is 5. The summed E-state index contributed by atoms with van der Waals surface area (Å²) in [6.45, 7) is 3.37. The summed E-state index contributed by atoms with van der Waals surface area (Å²) in [6.07, 6.45) is 2.02. The Labute approximate surface area is 184 Å². The summed E-state index contributed by atoms with van der Waals surface area (Å²) < 4.78 is 2.07. The molecular formula is C24H21N5OS. The second kappa shape index (κ2) is 7.99. The van der Waals surface area contributed by atoms with Crippen LogP contribution in [0.4, 0.5) is 0 Å². The zero-order chi connectivity index (χ0) is 21.4. The molecule has 0 unspecified atom stereocenters. The lowest BCUT2D eigenvalue weighted by atomic mass is 10.1. The Balaban J connectivity index is 1.39. The molecule has 31 heavy (non-hydrogen) atoms. The first-order valence-corrected chi connectivity index (χ1v) is 11.1. The van der Waals surface area contributed by atoms with E-state index in [1.165, 1.54) is 0 Å². The molecule has 0 saturated carbocycles. The lowest BCUT2D eigenvalue weighted by Crippen LogP contribution is -2.47. The fourth-order valence-electron chi connectivity index (χ4n) is 3.82. The first-order valence-electron chi connectivity index (χ1n) is 10.2. The number of carbonyl (C=O) groups excluding carboxylic acids is 1. The Morgan fingerprint density at radius 1 is 1.00 bits per heavy atom. The molecule has 3 heterocycles. The summed E-state index contributed by atoms with van der Waals surface area (Å²) in [5.74, 6) is 0.0913. The Morgan fingerprint density at radius 2 is 1.68 bits per heavy atom. The van der Waals surface area contributed by atoms with Crippen LogP contribution in [0.3, 0.4) is 0 Å². The first-order chi connectivity index (χ1) is 15.1. The molecule has 0 radical (unpaired) electrons. The van der Waals surface area contributed by atoms with Gasteiger partial charge in [-0.25, -0.2) is 4.98 Å². The van der Waals surface area contributed by atoms with Gasteiger partial charge >= 0.3 is 0 Å². The molecule has 0 atom stereocenters. The number of nitrogens with zero attached hydrogens (tertiary/aromatic N) is 5. The van der Waals surface area contributed by atoms with Crippen LogP contribution in [0, 0.1) is 11.3 Å². The van der Waals surface area contributed by atoms with Crippen molar-refractivity contribution in [1.82, 2.24) is 19.2 Å². The lowest BCUT2D eigenvalue weighted by molar-refractivity contribution is 0.0664. The number of likely N-dealkylation sites (N-methyl/N-ethyl adjacent to an activating group) is 1. The number of hydrogen-bond donors (Lipinski definition) is 0. The fourth-order valence-corrected chi connectivity index (χ4v) is 4.70. The van der Waals surface area contributed by atoms with Gasteiger partial charge in [0, 0.05) is 48.9 Å². The van der Waals surface area contributed by atoms with E-state index >= 15 is 0 Å². The average Bonchev–Trinajstić information content (AvgIpc) is 3.40. The van der Waals surface area contributed by atoms with Crippen LogP contribution in [0.1, 0.15) is 15.9 Å². The predicted molar refractivity (Wildman–Crippen MR) is 122 cm³/mol. The van der Waals surface area contributed by atoms with Crippen LogP contribution in [0.15, 0.2) is 60.1 Å². The van der Waals surface area contributed by atoms with Crippen molar-refractivity contribution in [2.24, 2.45) is 0 Å². The summed E-state index contributed by atoms with van der Waals surface area (Å²) in [4.78, 5) is 22.6. The number of rotatable bonds is 3. The smallest absolute Gasteiger partial charge is 0.253 e. The summed E-state index contributed by atoms with van der Waals surface area (Å²) in [6, 6.07) is 17.4. The van der Waals surface area contributed by atoms with Crippen LogP contribution in [0.25, 0.3) is 27.5 Å². The van der Waals surface area contributed by atoms with Crippen molar-refractivity contribution in [1.29, 1.82) is 5.26 Å². The van der Waals surface area contributed by atoms with Crippen molar-refractivity contribution in [2.75, 3.05) is 33.2 Å². The number of fused-ring (bicyclic) bond motifs is 1. The van der Waals surface area contributed by atoms with Gasteiger partial charge in [-0.05, 0) is 36.9 Å². The molecule has 5 rings (SSSR count). The Hall–Kier alpha value is -3.47. The van der Waals surface area contributed by atoms with Gasteiger partial charge in [0.1, 0.15) is 0 Å². The van der Waals surface area contributed by atoms with Gasteiger partial charge in [-0.2, -0.15) is 5.26 Å². The van der Waals surface area contributed by atoms with E-state index in [4.69, 9.17) is 10.2 Å². The van der Waals surface area contributed by atoms with Crippen LogP contribution in [0.5, 0.6) is 0 Å². The summed E-state index contributed by atoms with van der Waals surface area (Å²) >= 11 is 1.58. The summed E-state index contributed by atoms with van der Waals surface area (Å²) in [5.41, 5.74) is 5.31. The number of aromatic nitrogens is 2. The van der Waals surface area contributed by atoms with Gasteiger partial charge in [0.05, 0.1) is 23.0 Å². The molecule has 1 amide bonds. The molecule has 154 valence electrons. The second-order valence-electron chi connectivity index (χ2n) is 7.76. The zero-order valence-corrected chi connectivity index (χ0v) is 18.0. The summed E-state index contributed by atoms with van der Waals surface area (Å²) in [7, 11) is 2.08. The van der Waals surface area contributed by atoms with Crippen molar-refractivity contribution < 1.29 is 4.79 Å². The van der Waals surface area contributed by atoms with Crippen LogP contribution >= 0.6 is 11.3 Å².